The van der Waals surface area contributed by atoms with Crippen molar-refractivity contribution >= 4 is 5.65 Å². The molecule has 2 heterocycles. The summed E-state index contributed by atoms with van der Waals surface area (Å²) in [7, 11) is 0. The predicted octanol–water partition coefficient (Wildman–Crippen LogP) is 2.98. The van der Waals surface area contributed by atoms with E-state index in [4.69, 9.17) is 0 Å². The van der Waals surface area contributed by atoms with Crippen LogP contribution in [0.5, 0.6) is 0 Å². The summed E-state index contributed by atoms with van der Waals surface area (Å²) < 4.78 is 1.93. The van der Waals surface area contributed by atoms with Crippen LogP contribution in [-0.4, -0.2) is 14.6 Å². The lowest BCUT2D eigenvalue weighted by molar-refractivity contribution is 0.745. The Morgan fingerprint density at radius 3 is 2.40 bits per heavy atom. The van der Waals surface area contributed by atoms with Gasteiger partial charge in [0.25, 0.3) is 0 Å². The van der Waals surface area contributed by atoms with E-state index in [2.05, 4.69) is 49.9 Å². The number of pyridine rings is 1. The average molecular weight is 203 g/mol. The van der Waals surface area contributed by atoms with Gasteiger partial charge in [0.15, 0.2) is 5.65 Å². The molecule has 0 aliphatic heterocycles. The normalized spacial score (nSPS) is 11.9. The molecule has 0 aliphatic carbocycles. The van der Waals surface area contributed by atoms with Crippen LogP contribution in [-0.2, 0) is 0 Å². The van der Waals surface area contributed by atoms with Crippen molar-refractivity contribution in [3.05, 3.63) is 29.7 Å². The molecular formula is C12H17N3. The Labute approximate surface area is 90.1 Å². The smallest absolute Gasteiger partial charge is 0.155 e. The van der Waals surface area contributed by atoms with Crippen molar-refractivity contribution in [1.82, 2.24) is 14.6 Å². The van der Waals surface area contributed by atoms with Gasteiger partial charge < -0.3 is 0 Å². The molecule has 2 aromatic rings. The minimum Gasteiger partial charge on any atom is -0.218 e. The van der Waals surface area contributed by atoms with Crippen LogP contribution < -0.4 is 0 Å². The zero-order valence-corrected chi connectivity index (χ0v) is 9.73. The van der Waals surface area contributed by atoms with Gasteiger partial charge in [-0.25, -0.2) is 9.50 Å². The van der Waals surface area contributed by atoms with Gasteiger partial charge in [-0.05, 0) is 29.5 Å². The van der Waals surface area contributed by atoms with Crippen LogP contribution >= 0.6 is 0 Å². The number of rotatable bonds is 2. The third-order valence-corrected chi connectivity index (χ3v) is 2.69. The first kappa shape index (κ1) is 10.1. The van der Waals surface area contributed by atoms with E-state index in [1.807, 2.05) is 4.52 Å². The number of nitrogens with zero attached hydrogens (tertiary/aromatic N) is 3. The summed E-state index contributed by atoms with van der Waals surface area (Å²) in [6.45, 7) is 8.76. The molecule has 15 heavy (non-hydrogen) atoms. The van der Waals surface area contributed by atoms with Gasteiger partial charge in [0.05, 0.1) is 0 Å². The Bertz CT molecular complexity index is 469. The number of hydrogen-bond donors (Lipinski definition) is 0. The maximum absolute atomic E-state index is 4.26. The molecule has 0 unspecified atom stereocenters. The van der Waals surface area contributed by atoms with E-state index in [9.17, 15) is 0 Å². The summed E-state index contributed by atoms with van der Waals surface area (Å²) in [4.78, 5) is 4.26. The Hall–Kier alpha value is -1.38. The van der Waals surface area contributed by atoms with E-state index < -0.39 is 0 Å². The van der Waals surface area contributed by atoms with Gasteiger partial charge >= 0.3 is 0 Å². The molecule has 3 nitrogen and oxygen atoms in total. The van der Waals surface area contributed by atoms with Crippen molar-refractivity contribution in [2.45, 2.75) is 39.5 Å². The Morgan fingerprint density at radius 1 is 1.07 bits per heavy atom. The molecule has 0 aromatic carbocycles. The SMILES string of the molecule is CC(C)c1cc(C(C)C)n2ncnc2c1. The van der Waals surface area contributed by atoms with Crippen LogP contribution in [0.15, 0.2) is 18.5 Å². The van der Waals surface area contributed by atoms with Crippen molar-refractivity contribution in [3.63, 3.8) is 0 Å². The van der Waals surface area contributed by atoms with Crippen LogP contribution in [0.2, 0.25) is 0 Å². The van der Waals surface area contributed by atoms with Crippen molar-refractivity contribution in [1.29, 1.82) is 0 Å². The fourth-order valence-electron chi connectivity index (χ4n) is 1.72. The van der Waals surface area contributed by atoms with Crippen LogP contribution in [0.25, 0.3) is 5.65 Å². The standard InChI is InChI=1S/C12H17N3/c1-8(2)10-5-11(9(3)4)15-12(6-10)13-7-14-15/h5-9H,1-4H3. The molecule has 0 bridgehead atoms. The minimum absolute atomic E-state index is 0.466. The van der Waals surface area contributed by atoms with Gasteiger partial charge in [0, 0.05) is 5.69 Å². The lowest BCUT2D eigenvalue weighted by Crippen LogP contribution is -2.03. The quantitative estimate of drug-likeness (QED) is 0.751. The average Bonchev–Trinajstić information content (AvgIpc) is 2.62. The summed E-state index contributed by atoms with van der Waals surface area (Å²) >= 11 is 0. The van der Waals surface area contributed by atoms with E-state index in [0.717, 1.165) is 5.65 Å². The molecule has 2 rings (SSSR count). The molecule has 0 spiro atoms. The third-order valence-electron chi connectivity index (χ3n) is 2.69. The van der Waals surface area contributed by atoms with E-state index >= 15 is 0 Å². The fraction of sp³-hybridized carbons (Fsp3) is 0.500. The predicted molar refractivity (Wildman–Crippen MR) is 61.2 cm³/mol. The van der Waals surface area contributed by atoms with Crippen molar-refractivity contribution in [2.24, 2.45) is 0 Å². The highest BCUT2D eigenvalue weighted by atomic mass is 15.3. The molecule has 0 saturated heterocycles. The summed E-state index contributed by atoms with van der Waals surface area (Å²) in [5, 5.41) is 4.25. The van der Waals surface area contributed by atoms with Gasteiger partial charge in [-0.1, -0.05) is 27.7 Å². The largest absolute Gasteiger partial charge is 0.218 e. The second kappa shape index (κ2) is 3.65. The molecule has 0 N–H and O–H groups in total. The monoisotopic (exact) mass is 203 g/mol. The van der Waals surface area contributed by atoms with Crippen LogP contribution in [0.4, 0.5) is 0 Å². The molecular weight excluding hydrogens is 186 g/mol. The van der Waals surface area contributed by atoms with Gasteiger partial charge in [-0.2, -0.15) is 5.10 Å². The first-order valence-corrected chi connectivity index (χ1v) is 5.43. The maximum Gasteiger partial charge on any atom is 0.155 e. The second-order valence-corrected chi connectivity index (χ2v) is 4.55. The molecule has 0 radical (unpaired) electrons. The Morgan fingerprint density at radius 2 is 1.80 bits per heavy atom. The van der Waals surface area contributed by atoms with E-state index in [1.165, 1.54) is 11.3 Å². The summed E-state index contributed by atoms with van der Waals surface area (Å²) in [6, 6.07) is 4.35. The number of hydrogen-bond acceptors (Lipinski definition) is 2. The van der Waals surface area contributed by atoms with Gasteiger partial charge in [0.2, 0.25) is 0 Å². The topological polar surface area (TPSA) is 30.2 Å². The summed E-state index contributed by atoms with van der Waals surface area (Å²) in [6.07, 6.45) is 1.62. The highest BCUT2D eigenvalue weighted by Gasteiger charge is 2.10. The highest BCUT2D eigenvalue weighted by Crippen LogP contribution is 2.22. The summed E-state index contributed by atoms with van der Waals surface area (Å²) in [5.41, 5.74) is 3.51. The number of aromatic nitrogens is 3. The molecule has 3 heteroatoms. The van der Waals surface area contributed by atoms with Gasteiger partial charge in [0.1, 0.15) is 6.33 Å². The highest BCUT2D eigenvalue weighted by molar-refractivity contribution is 5.43. The second-order valence-electron chi connectivity index (χ2n) is 4.55. The zero-order chi connectivity index (χ0) is 11.0. The van der Waals surface area contributed by atoms with Gasteiger partial charge in [-0.3, -0.25) is 0 Å². The maximum atomic E-state index is 4.26. The first-order chi connectivity index (χ1) is 7.09. The van der Waals surface area contributed by atoms with Crippen LogP contribution in [0, 0.1) is 0 Å². The van der Waals surface area contributed by atoms with Crippen LogP contribution in [0.3, 0.4) is 0 Å². The Balaban J connectivity index is 2.69. The van der Waals surface area contributed by atoms with Crippen molar-refractivity contribution < 1.29 is 0 Å². The Kier molecular flexibility index (Phi) is 2.47. The molecule has 0 aliphatic rings. The molecule has 0 saturated carbocycles. The number of fused-ring (bicyclic) bond motifs is 1. The van der Waals surface area contributed by atoms with Gasteiger partial charge in [-0.15, -0.1) is 0 Å². The lowest BCUT2D eigenvalue weighted by atomic mass is 10.0. The molecule has 0 atom stereocenters. The minimum atomic E-state index is 0.466. The fourth-order valence-corrected chi connectivity index (χ4v) is 1.72. The van der Waals surface area contributed by atoms with Crippen molar-refractivity contribution in [2.75, 3.05) is 0 Å². The van der Waals surface area contributed by atoms with E-state index in [-0.39, 0.29) is 0 Å². The summed E-state index contributed by atoms with van der Waals surface area (Å²) in [5.74, 6) is 0.997. The molecule has 0 amide bonds. The molecule has 80 valence electrons. The van der Waals surface area contributed by atoms with E-state index in [1.54, 1.807) is 6.33 Å². The lowest BCUT2D eigenvalue weighted by Gasteiger charge is -2.12. The van der Waals surface area contributed by atoms with E-state index in [0.29, 0.717) is 11.8 Å². The van der Waals surface area contributed by atoms with Crippen LogP contribution in [0.1, 0.15) is 50.8 Å². The third kappa shape index (κ3) is 1.74. The first-order valence-electron chi connectivity index (χ1n) is 5.43. The molecule has 0 fully saturated rings. The molecule has 2 aromatic heterocycles. The van der Waals surface area contributed by atoms with Crippen molar-refractivity contribution in [3.8, 4) is 0 Å². The zero-order valence-electron chi connectivity index (χ0n) is 9.73.